The smallest absolute Gasteiger partial charge is 0.414 e. The van der Waals surface area contributed by atoms with Gasteiger partial charge in [0.1, 0.15) is 11.8 Å². The summed E-state index contributed by atoms with van der Waals surface area (Å²) in [5.74, 6) is 0.270. The first-order chi connectivity index (χ1) is 17.6. The van der Waals surface area contributed by atoms with E-state index < -0.39 is 18.1 Å². The first kappa shape index (κ1) is 23.2. The van der Waals surface area contributed by atoms with Gasteiger partial charge in [-0.2, -0.15) is 0 Å². The first-order valence-electron chi connectivity index (χ1n) is 11.7. The number of amides is 1. The third-order valence-corrected chi connectivity index (χ3v) is 6.37. The van der Waals surface area contributed by atoms with Gasteiger partial charge >= 0.3 is 12.1 Å². The number of rotatable bonds is 5. The lowest BCUT2D eigenvalue weighted by molar-refractivity contribution is 0.0529. The molecule has 7 nitrogen and oxygen atoms in total. The van der Waals surface area contributed by atoms with Crippen LogP contribution in [-0.4, -0.2) is 42.2 Å². The molecule has 1 amide bonds. The predicted octanol–water partition coefficient (Wildman–Crippen LogP) is 5.93. The van der Waals surface area contributed by atoms with Gasteiger partial charge in [0.15, 0.2) is 0 Å². The molecule has 0 unspecified atom stereocenters. The van der Waals surface area contributed by atoms with Gasteiger partial charge < -0.3 is 18.6 Å². The fraction of sp³-hybridized carbons (Fsp3) is 0.172. The Hall–Kier alpha value is -4.52. The molecule has 0 fully saturated rings. The summed E-state index contributed by atoms with van der Waals surface area (Å²) in [6.07, 6.45) is 5.01. The molecule has 0 saturated carbocycles. The predicted molar refractivity (Wildman–Crippen MR) is 137 cm³/mol. The molecule has 5 rings (SSSR count). The molecular formula is C29H26N2O5. The molecule has 0 saturated heterocycles. The number of methoxy groups -OCH3 is 2. The number of nitrogens with zero attached hydrogens (tertiary/aromatic N) is 2. The number of carbonyl (C=O) groups excluding carboxylic acids is 2. The van der Waals surface area contributed by atoms with Crippen LogP contribution < -0.4 is 4.74 Å². The van der Waals surface area contributed by atoms with Crippen LogP contribution >= 0.6 is 0 Å². The van der Waals surface area contributed by atoms with Gasteiger partial charge in [-0.15, -0.1) is 0 Å². The van der Waals surface area contributed by atoms with E-state index in [1.54, 1.807) is 25.1 Å². The number of fused-ring (bicyclic) bond motifs is 2. The van der Waals surface area contributed by atoms with Crippen molar-refractivity contribution in [2.45, 2.75) is 13.0 Å². The lowest BCUT2D eigenvalue weighted by Crippen LogP contribution is -2.34. The van der Waals surface area contributed by atoms with E-state index in [-0.39, 0.29) is 6.61 Å². The van der Waals surface area contributed by atoms with E-state index in [1.807, 2.05) is 83.4 Å². The molecule has 0 spiro atoms. The lowest BCUT2D eigenvalue weighted by Gasteiger charge is -2.33. The molecule has 0 radical (unpaired) electrons. The number of benzene rings is 2. The van der Waals surface area contributed by atoms with Gasteiger partial charge in [-0.05, 0) is 54.0 Å². The second kappa shape index (κ2) is 9.62. The van der Waals surface area contributed by atoms with Crippen molar-refractivity contribution in [2.24, 2.45) is 0 Å². The maximum Gasteiger partial charge on any atom is 0.414 e. The van der Waals surface area contributed by atoms with Crippen molar-refractivity contribution in [1.29, 1.82) is 0 Å². The summed E-state index contributed by atoms with van der Waals surface area (Å²) in [4.78, 5) is 28.0. The second-order valence-electron chi connectivity index (χ2n) is 8.26. The Morgan fingerprint density at radius 2 is 1.69 bits per heavy atom. The second-order valence-corrected chi connectivity index (χ2v) is 8.26. The average Bonchev–Trinajstić information content (AvgIpc) is 3.27. The number of hydrogen-bond acceptors (Lipinski definition) is 5. The molecule has 182 valence electrons. The van der Waals surface area contributed by atoms with Crippen molar-refractivity contribution in [2.75, 3.05) is 20.8 Å². The molecule has 0 bridgehead atoms. The summed E-state index contributed by atoms with van der Waals surface area (Å²) >= 11 is 0. The summed E-state index contributed by atoms with van der Waals surface area (Å²) in [5, 5.41) is 0. The zero-order chi connectivity index (χ0) is 25.2. The highest BCUT2D eigenvalue weighted by Gasteiger charge is 2.37. The number of pyridine rings is 1. The van der Waals surface area contributed by atoms with E-state index >= 15 is 0 Å². The number of hydrogen-bond donors (Lipinski definition) is 0. The quantitative estimate of drug-likeness (QED) is 0.330. The lowest BCUT2D eigenvalue weighted by atomic mass is 9.89. The fourth-order valence-corrected chi connectivity index (χ4v) is 4.82. The van der Waals surface area contributed by atoms with Gasteiger partial charge in [0, 0.05) is 18.0 Å². The van der Waals surface area contributed by atoms with Gasteiger partial charge in [0.2, 0.25) is 0 Å². The largest absolute Gasteiger partial charge is 0.497 e. The van der Waals surface area contributed by atoms with Gasteiger partial charge in [0.25, 0.3) is 0 Å². The topological polar surface area (TPSA) is 69.5 Å². The van der Waals surface area contributed by atoms with E-state index in [9.17, 15) is 9.59 Å². The Kier molecular flexibility index (Phi) is 6.21. The van der Waals surface area contributed by atoms with E-state index in [1.165, 1.54) is 7.11 Å². The Balaban J connectivity index is 1.89. The first-order valence-corrected chi connectivity index (χ1v) is 11.7. The summed E-state index contributed by atoms with van der Waals surface area (Å²) in [5.41, 5.74) is 5.26. The van der Waals surface area contributed by atoms with Crippen LogP contribution in [0.15, 0.2) is 79.1 Å². The van der Waals surface area contributed by atoms with Crippen LogP contribution in [0.25, 0.3) is 22.7 Å². The van der Waals surface area contributed by atoms with Crippen molar-refractivity contribution < 1.29 is 23.8 Å². The zero-order valence-electron chi connectivity index (χ0n) is 20.3. The van der Waals surface area contributed by atoms with Gasteiger partial charge in [0.05, 0.1) is 37.6 Å². The van der Waals surface area contributed by atoms with Gasteiger partial charge in [-0.3, -0.25) is 4.90 Å². The minimum atomic E-state index is -0.561. The SMILES string of the molecule is CCOC(=O)c1c(-c2ccc(OC)cc2)c([C@H]2c3ccccc3C=CN2C(=O)OC)n2ccccc12. The van der Waals surface area contributed by atoms with E-state index in [2.05, 4.69) is 0 Å². The molecule has 1 atom stereocenters. The Morgan fingerprint density at radius 3 is 2.42 bits per heavy atom. The van der Waals surface area contributed by atoms with Crippen LogP contribution in [-0.2, 0) is 9.47 Å². The highest BCUT2D eigenvalue weighted by Crippen LogP contribution is 2.44. The summed E-state index contributed by atoms with van der Waals surface area (Å²) in [6, 6.07) is 20.5. The Labute approximate surface area is 209 Å². The fourth-order valence-electron chi connectivity index (χ4n) is 4.82. The molecule has 1 aliphatic heterocycles. The van der Waals surface area contributed by atoms with Crippen molar-refractivity contribution in [3.8, 4) is 16.9 Å². The van der Waals surface area contributed by atoms with Crippen molar-refractivity contribution >= 4 is 23.7 Å². The van der Waals surface area contributed by atoms with Crippen LogP contribution in [0.2, 0.25) is 0 Å². The number of carbonyl (C=O) groups is 2. The standard InChI is InChI=1S/C29H26N2O5/c1-4-36-28(32)25-23-11-7-8-17-30(23)27(24(25)20-12-14-21(34-2)15-13-20)26-22-10-6-5-9-19(22)16-18-31(26)29(33)35-3/h5-18,26H,4H2,1-3H3/t26-/m1/s1. The molecule has 2 aromatic heterocycles. The Bertz CT molecular complexity index is 1470. The highest BCUT2D eigenvalue weighted by molar-refractivity contribution is 6.06. The molecule has 36 heavy (non-hydrogen) atoms. The number of ether oxygens (including phenoxy) is 3. The molecule has 0 N–H and O–H groups in total. The Morgan fingerprint density at radius 1 is 0.944 bits per heavy atom. The third kappa shape index (κ3) is 3.79. The number of esters is 1. The van der Waals surface area contributed by atoms with Crippen LogP contribution in [0.4, 0.5) is 4.79 Å². The molecule has 1 aliphatic rings. The molecule has 0 aliphatic carbocycles. The van der Waals surface area contributed by atoms with Crippen LogP contribution in [0.1, 0.15) is 40.1 Å². The normalized spacial score (nSPS) is 14.4. The molecule has 3 heterocycles. The molecule has 4 aromatic rings. The van der Waals surface area contributed by atoms with Crippen LogP contribution in [0, 0.1) is 0 Å². The van der Waals surface area contributed by atoms with Crippen molar-refractivity contribution in [3.05, 3.63) is 102 Å². The molecule has 7 heteroatoms. The van der Waals surface area contributed by atoms with Crippen LogP contribution in [0.3, 0.4) is 0 Å². The summed E-state index contributed by atoms with van der Waals surface area (Å²) in [6.45, 7) is 2.02. The molecular weight excluding hydrogens is 456 g/mol. The zero-order valence-corrected chi connectivity index (χ0v) is 20.3. The average molecular weight is 483 g/mol. The maximum atomic E-state index is 13.4. The van der Waals surface area contributed by atoms with E-state index in [0.717, 1.165) is 22.4 Å². The monoisotopic (exact) mass is 482 g/mol. The maximum absolute atomic E-state index is 13.4. The van der Waals surface area contributed by atoms with Gasteiger partial charge in [-0.1, -0.05) is 42.5 Å². The summed E-state index contributed by atoms with van der Waals surface area (Å²) < 4.78 is 18.0. The van der Waals surface area contributed by atoms with Crippen LogP contribution in [0.5, 0.6) is 5.75 Å². The van der Waals surface area contributed by atoms with Gasteiger partial charge in [-0.25, -0.2) is 9.59 Å². The minimum Gasteiger partial charge on any atom is -0.497 e. The molecule has 2 aromatic carbocycles. The number of aromatic nitrogens is 1. The van der Waals surface area contributed by atoms with E-state index in [0.29, 0.717) is 22.4 Å². The summed E-state index contributed by atoms with van der Waals surface area (Å²) in [7, 11) is 2.97. The highest BCUT2D eigenvalue weighted by atomic mass is 16.5. The van der Waals surface area contributed by atoms with Crippen molar-refractivity contribution in [1.82, 2.24) is 9.30 Å². The minimum absolute atomic E-state index is 0.240. The third-order valence-electron chi connectivity index (χ3n) is 6.37. The van der Waals surface area contributed by atoms with Crippen molar-refractivity contribution in [3.63, 3.8) is 0 Å². The van der Waals surface area contributed by atoms with E-state index in [4.69, 9.17) is 14.2 Å².